The number of carbonyl (C=O) groups is 2. The molecule has 5 nitrogen and oxygen atoms in total. The molecule has 0 bridgehead atoms. The van der Waals surface area contributed by atoms with Gasteiger partial charge >= 0.3 is 5.97 Å². The van der Waals surface area contributed by atoms with Crippen LogP contribution in [0.15, 0.2) is 24.3 Å². The second kappa shape index (κ2) is 7.99. The van der Waals surface area contributed by atoms with Gasteiger partial charge in [-0.15, -0.1) is 0 Å². The predicted octanol–water partition coefficient (Wildman–Crippen LogP) is 1.70. The van der Waals surface area contributed by atoms with Gasteiger partial charge < -0.3 is 14.8 Å². The first-order chi connectivity index (χ1) is 9.56. The molecule has 1 N–H and O–H groups in total. The third kappa shape index (κ3) is 5.14. The third-order valence-corrected chi connectivity index (χ3v) is 2.51. The van der Waals surface area contributed by atoms with E-state index in [-0.39, 0.29) is 12.5 Å². The van der Waals surface area contributed by atoms with Crippen LogP contribution in [0.5, 0.6) is 5.75 Å². The van der Waals surface area contributed by atoms with Gasteiger partial charge in [0.1, 0.15) is 12.3 Å². The molecular formula is C15H19NO4. The monoisotopic (exact) mass is 277 g/mol. The summed E-state index contributed by atoms with van der Waals surface area (Å²) < 4.78 is 9.92. The maximum atomic E-state index is 11.6. The highest BCUT2D eigenvalue weighted by atomic mass is 16.5. The van der Waals surface area contributed by atoms with Crippen LogP contribution in [0.3, 0.4) is 0 Å². The Bertz CT molecular complexity index is 509. The lowest BCUT2D eigenvalue weighted by Crippen LogP contribution is -2.29. The van der Waals surface area contributed by atoms with E-state index in [1.807, 2.05) is 25.1 Å². The van der Waals surface area contributed by atoms with Gasteiger partial charge in [-0.1, -0.05) is 11.6 Å². The Morgan fingerprint density at radius 2 is 2.10 bits per heavy atom. The Labute approximate surface area is 118 Å². The van der Waals surface area contributed by atoms with Gasteiger partial charge in [0.2, 0.25) is 5.91 Å². The van der Waals surface area contributed by atoms with Crippen molar-refractivity contribution in [1.82, 2.24) is 5.32 Å². The van der Waals surface area contributed by atoms with Gasteiger partial charge in [-0.05, 0) is 32.1 Å². The number of aryl methyl sites for hydroxylation is 1. The SMILES string of the molecule is CCOC(=O)CNC(=O)/C=C/c1cc(C)ccc1OC. The second-order valence-electron chi connectivity index (χ2n) is 4.10. The molecule has 0 aliphatic carbocycles. The van der Waals surface area contributed by atoms with Crippen molar-refractivity contribution < 1.29 is 19.1 Å². The first kappa shape index (κ1) is 15.8. The summed E-state index contributed by atoms with van der Waals surface area (Å²) in [6.07, 6.45) is 3.00. The van der Waals surface area contributed by atoms with Crippen LogP contribution < -0.4 is 10.1 Å². The molecule has 0 saturated heterocycles. The molecule has 0 spiro atoms. The van der Waals surface area contributed by atoms with Crippen LogP contribution >= 0.6 is 0 Å². The molecule has 5 heteroatoms. The highest BCUT2D eigenvalue weighted by Gasteiger charge is 2.04. The van der Waals surface area contributed by atoms with E-state index in [1.54, 1.807) is 20.1 Å². The number of methoxy groups -OCH3 is 1. The summed E-state index contributed by atoms with van der Waals surface area (Å²) in [6.45, 7) is 3.83. The van der Waals surface area contributed by atoms with Gasteiger partial charge in [-0.25, -0.2) is 0 Å². The van der Waals surface area contributed by atoms with Gasteiger partial charge in [0, 0.05) is 11.6 Å². The van der Waals surface area contributed by atoms with Crippen LogP contribution in [0, 0.1) is 6.92 Å². The fourth-order valence-electron chi connectivity index (χ4n) is 1.58. The molecule has 0 unspecified atom stereocenters. The van der Waals surface area contributed by atoms with E-state index < -0.39 is 5.97 Å². The standard InChI is InChI=1S/C15H19NO4/c1-4-20-15(18)10-16-14(17)8-6-12-9-11(2)5-7-13(12)19-3/h5-9H,4,10H2,1-3H3,(H,16,17)/b8-6+. The van der Waals surface area contributed by atoms with Crippen molar-refractivity contribution in [2.45, 2.75) is 13.8 Å². The quantitative estimate of drug-likeness (QED) is 0.635. The fourth-order valence-corrected chi connectivity index (χ4v) is 1.58. The van der Waals surface area contributed by atoms with Crippen LogP contribution in [0.4, 0.5) is 0 Å². The van der Waals surface area contributed by atoms with E-state index in [4.69, 9.17) is 9.47 Å². The summed E-state index contributed by atoms with van der Waals surface area (Å²) in [7, 11) is 1.57. The van der Waals surface area contributed by atoms with Gasteiger partial charge in [-0.2, -0.15) is 0 Å². The van der Waals surface area contributed by atoms with Gasteiger partial charge in [0.25, 0.3) is 0 Å². The smallest absolute Gasteiger partial charge is 0.325 e. The lowest BCUT2D eigenvalue weighted by atomic mass is 10.1. The lowest BCUT2D eigenvalue weighted by molar-refractivity contribution is -0.143. The molecule has 0 aromatic heterocycles. The molecule has 20 heavy (non-hydrogen) atoms. The zero-order valence-corrected chi connectivity index (χ0v) is 11.9. The minimum atomic E-state index is -0.456. The molecule has 1 amide bonds. The number of rotatable bonds is 6. The topological polar surface area (TPSA) is 64.6 Å². The summed E-state index contributed by atoms with van der Waals surface area (Å²) in [5, 5.41) is 2.45. The molecule has 0 aliphatic rings. The number of amides is 1. The largest absolute Gasteiger partial charge is 0.496 e. The lowest BCUT2D eigenvalue weighted by Gasteiger charge is -2.05. The first-order valence-electron chi connectivity index (χ1n) is 6.33. The Morgan fingerprint density at radius 3 is 2.75 bits per heavy atom. The molecule has 0 heterocycles. The Balaban J connectivity index is 2.61. The highest BCUT2D eigenvalue weighted by molar-refractivity contribution is 5.93. The van der Waals surface area contributed by atoms with Crippen LogP contribution in [0.2, 0.25) is 0 Å². The van der Waals surface area contributed by atoms with Crippen molar-refractivity contribution in [2.75, 3.05) is 20.3 Å². The number of hydrogen-bond donors (Lipinski definition) is 1. The Morgan fingerprint density at radius 1 is 1.35 bits per heavy atom. The average molecular weight is 277 g/mol. The van der Waals surface area contributed by atoms with Crippen LogP contribution in [-0.4, -0.2) is 32.1 Å². The van der Waals surface area contributed by atoms with Gasteiger partial charge in [-0.3, -0.25) is 9.59 Å². The van der Waals surface area contributed by atoms with E-state index in [9.17, 15) is 9.59 Å². The van der Waals surface area contributed by atoms with E-state index in [0.717, 1.165) is 11.1 Å². The van der Waals surface area contributed by atoms with Crippen molar-refractivity contribution in [3.63, 3.8) is 0 Å². The minimum Gasteiger partial charge on any atom is -0.496 e. The molecule has 1 aromatic rings. The normalized spacial score (nSPS) is 10.3. The average Bonchev–Trinajstić information content (AvgIpc) is 2.43. The Kier molecular flexibility index (Phi) is 6.29. The summed E-state index contributed by atoms with van der Waals surface area (Å²) in [5.41, 5.74) is 1.87. The van der Waals surface area contributed by atoms with E-state index in [1.165, 1.54) is 6.08 Å². The summed E-state index contributed by atoms with van der Waals surface area (Å²) in [4.78, 5) is 22.6. The van der Waals surface area contributed by atoms with E-state index >= 15 is 0 Å². The molecule has 0 saturated carbocycles. The van der Waals surface area contributed by atoms with Crippen molar-refractivity contribution >= 4 is 18.0 Å². The summed E-state index contributed by atoms with van der Waals surface area (Å²) in [5.74, 6) is -0.131. The zero-order valence-electron chi connectivity index (χ0n) is 11.9. The van der Waals surface area contributed by atoms with Crippen molar-refractivity contribution in [3.8, 4) is 5.75 Å². The molecule has 1 rings (SSSR count). The number of hydrogen-bond acceptors (Lipinski definition) is 4. The van der Waals surface area contributed by atoms with Crippen molar-refractivity contribution in [1.29, 1.82) is 0 Å². The molecule has 0 aliphatic heterocycles. The number of nitrogens with one attached hydrogen (secondary N) is 1. The maximum Gasteiger partial charge on any atom is 0.325 e. The van der Waals surface area contributed by atoms with Crippen molar-refractivity contribution in [3.05, 3.63) is 35.4 Å². The van der Waals surface area contributed by atoms with Crippen LogP contribution in [0.1, 0.15) is 18.1 Å². The number of esters is 1. The molecule has 108 valence electrons. The van der Waals surface area contributed by atoms with Crippen LogP contribution in [-0.2, 0) is 14.3 Å². The minimum absolute atomic E-state index is 0.137. The molecular weight excluding hydrogens is 258 g/mol. The maximum absolute atomic E-state index is 11.6. The molecule has 0 atom stereocenters. The van der Waals surface area contributed by atoms with Crippen molar-refractivity contribution in [2.24, 2.45) is 0 Å². The predicted molar refractivity (Wildman–Crippen MR) is 76.4 cm³/mol. The molecule has 0 fully saturated rings. The van der Waals surface area contributed by atoms with Gasteiger partial charge in [0.05, 0.1) is 13.7 Å². The number of benzene rings is 1. The van der Waals surface area contributed by atoms with Crippen LogP contribution in [0.25, 0.3) is 6.08 Å². The summed E-state index contributed by atoms with van der Waals surface area (Å²) in [6, 6.07) is 5.68. The fraction of sp³-hybridized carbons (Fsp3) is 0.333. The summed E-state index contributed by atoms with van der Waals surface area (Å²) >= 11 is 0. The van der Waals surface area contributed by atoms with E-state index in [0.29, 0.717) is 12.4 Å². The van der Waals surface area contributed by atoms with Gasteiger partial charge in [0.15, 0.2) is 0 Å². The third-order valence-electron chi connectivity index (χ3n) is 2.51. The number of ether oxygens (including phenoxy) is 2. The first-order valence-corrected chi connectivity index (χ1v) is 6.33. The Hall–Kier alpha value is -2.30. The van der Waals surface area contributed by atoms with E-state index in [2.05, 4.69) is 5.32 Å². The number of carbonyl (C=O) groups excluding carboxylic acids is 2. The highest BCUT2D eigenvalue weighted by Crippen LogP contribution is 2.20. The molecule has 1 aromatic carbocycles. The zero-order chi connectivity index (χ0) is 15.0. The second-order valence-corrected chi connectivity index (χ2v) is 4.10. The molecule has 0 radical (unpaired) electrons.